The fraction of sp³-hybridized carbons (Fsp3) is 0.200. The van der Waals surface area contributed by atoms with Gasteiger partial charge in [0, 0.05) is 19.3 Å². The second-order valence-corrected chi connectivity index (χ2v) is 5.64. The third-order valence-corrected chi connectivity index (χ3v) is 4.00. The fourth-order valence-electron chi connectivity index (χ4n) is 2.43. The van der Waals surface area contributed by atoms with Crippen LogP contribution in [0.3, 0.4) is 0 Å². The van der Waals surface area contributed by atoms with Crippen LogP contribution in [0, 0.1) is 10.8 Å². The average molecular weight is 332 g/mol. The summed E-state index contributed by atoms with van der Waals surface area (Å²) in [5, 5.41) is 6.12. The highest BCUT2D eigenvalue weighted by molar-refractivity contribution is 6.33. The Morgan fingerprint density at radius 1 is 1.35 bits per heavy atom. The lowest BCUT2D eigenvalue weighted by Crippen LogP contribution is -2.52. The maximum Gasteiger partial charge on any atom is 0.231 e. The van der Waals surface area contributed by atoms with Gasteiger partial charge in [-0.1, -0.05) is 17.7 Å². The van der Waals surface area contributed by atoms with E-state index >= 15 is 0 Å². The molecule has 7 nitrogen and oxygen atoms in total. The van der Waals surface area contributed by atoms with Crippen LogP contribution in [0.2, 0.25) is 5.02 Å². The lowest BCUT2D eigenvalue weighted by Gasteiger charge is -2.39. The number of nitroso groups, excluding NO2 is 1. The van der Waals surface area contributed by atoms with Crippen LogP contribution in [0.5, 0.6) is 0 Å². The quantitative estimate of drug-likeness (QED) is 0.662. The molecule has 0 spiro atoms. The number of nitrogens with zero attached hydrogens (tertiary/aromatic N) is 3. The number of benzene rings is 1. The summed E-state index contributed by atoms with van der Waals surface area (Å²) in [4.78, 5) is 29.2. The van der Waals surface area contributed by atoms with E-state index in [1.54, 1.807) is 36.5 Å². The van der Waals surface area contributed by atoms with Crippen molar-refractivity contribution in [3.8, 4) is 0 Å². The van der Waals surface area contributed by atoms with Gasteiger partial charge in [0.15, 0.2) is 5.69 Å². The van der Waals surface area contributed by atoms with Gasteiger partial charge in [0.05, 0.1) is 22.3 Å². The summed E-state index contributed by atoms with van der Waals surface area (Å²) in [6, 6.07) is 8.31. The predicted molar refractivity (Wildman–Crippen MR) is 89.9 cm³/mol. The van der Waals surface area contributed by atoms with E-state index in [0.717, 1.165) is 0 Å². The van der Waals surface area contributed by atoms with Crippen LogP contribution < -0.4 is 16.0 Å². The summed E-state index contributed by atoms with van der Waals surface area (Å²) in [7, 11) is 0. The van der Waals surface area contributed by atoms with Gasteiger partial charge in [0.1, 0.15) is 5.82 Å². The number of nitrogens with one attached hydrogen (secondary N) is 1. The van der Waals surface area contributed by atoms with E-state index < -0.39 is 0 Å². The van der Waals surface area contributed by atoms with Crippen molar-refractivity contribution in [2.24, 2.45) is 11.1 Å². The molecule has 0 atom stereocenters. The lowest BCUT2D eigenvalue weighted by molar-refractivity contribution is -0.120. The number of hydrogen-bond donors (Lipinski definition) is 2. The average Bonchev–Trinajstić information content (AvgIpc) is 2.48. The minimum Gasteiger partial charge on any atom is -0.397 e. The number of carbonyl (C=O) groups is 1. The minimum atomic E-state index is -0.214. The molecule has 1 fully saturated rings. The number of rotatable bonds is 4. The van der Waals surface area contributed by atoms with Crippen molar-refractivity contribution >= 4 is 40.4 Å². The van der Waals surface area contributed by atoms with E-state index in [1.165, 1.54) is 0 Å². The molecule has 1 saturated heterocycles. The molecule has 1 aliphatic rings. The Kier molecular flexibility index (Phi) is 4.12. The van der Waals surface area contributed by atoms with Gasteiger partial charge in [-0.25, -0.2) is 4.98 Å². The van der Waals surface area contributed by atoms with Crippen LogP contribution in [0.1, 0.15) is 0 Å². The zero-order valence-electron chi connectivity index (χ0n) is 12.1. The number of amides is 1. The number of anilines is 3. The van der Waals surface area contributed by atoms with Crippen molar-refractivity contribution in [1.29, 1.82) is 0 Å². The molecule has 0 radical (unpaired) electrons. The third kappa shape index (κ3) is 2.95. The van der Waals surface area contributed by atoms with E-state index in [2.05, 4.69) is 15.5 Å². The summed E-state index contributed by atoms with van der Waals surface area (Å²) >= 11 is 6.08. The van der Waals surface area contributed by atoms with Crippen molar-refractivity contribution in [3.05, 3.63) is 46.5 Å². The van der Waals surface area contributed by atoms with E-state index in [9.17, 15) is 9.70 Å². The molecule has 1 aromatic heterocycles. The number of hydrogen-bond acceptors (Lipinski definition) is 6. The van der Waals surface area contributed by atoms with Crippen molar-refractivity contribution in [2.75, 3.05) is 29.0 Å². The van der Waals surface area contributed by atoms with E-state index in [0.29, 0.717) is 29.6 Å². The van der Waals surface area contributed by atoms with Gasteiger partial charge >= 0.3 is 0 Å². The summed E-state index contributed by atoms with van der Waals surface area (Å²) < 4.78 is 0. The topological polar surface area (TPSA) is 101 Å². The first-order valence-corrected chi connectivity index (χ1v) is 7.36. The first kappa shape index (κ1) is 15.2. The van der Waals surface area contributed by atoms with Gasteiger partial charge < -0.3 is 16.0 Å². The Balaban J connectivity index is 1.65. The lowest BCUT2D eigenvalue weighted by atomic mass is 9.99. The number of nitrogens with two attached hydrogens (primary N) is 1. The van der Waals surface area contributed by atoms with Crippen LogP contribution in [-0.4, -0.2) is 24.0 Å². The molecule has 0 aliphatic carbocycles. The first-order valence-electron chi connectivity index (χ1n) is 6.98. The maximum absolute atomic E-state index is 12.3. The third-order valence-electron chi connectivity index (χ3n) is 3.71. The van der Waals surface area contributed by atoms with E-state index in [4.69, 9.17) is 17.3 Å². The Hall–Kier alpha value is -2.67. The number of halogens is 1. The SMILES string of the molecule is Nc1cccc(NC(=O)C2CN(c3ncccc3Cl)C2)c1N=O. The summed E-state index contributed by atoms with van der Waals surface area (Å²) in [5.74, 6) is 0.259. The smallest absolute Gasteiger partial charge is 0.231 e. The molecule has 0 unspecified atom stereocenters. The number of carbonyl (C=O) groups excluding carboxylic acids is 1. The van der Waals surface area contributed by atoms with Crippen LogP contribution in [0.25, 0.3) is 0 Å². The van der Waals surface area contributed by atoms with Crippen LogP contribution in [-0.2, 0) is 4.79 Å². The summed E-state index contributed by atoms with van der Waals surface area (Å²) in [6.45, 7) is 1.02. The highest BCUT2D eigenvalue weighted by Gasteiger charge is 2.34. The second kappa shape index (κ2) is 6.21. The number of nitrogen functional groups attached to an aromatic ring is 1. The zero-order chi connectivity index (χ0) is 16.4. The zero-order valence-corrected chi connectivity index (χ0v) is 12.8. The Morgan fingerprint density at radius 3 is 2.83 bits per heavy atom. The monoisotopic (exact) mass is 331 g/mol. The number of aromatic nitrogens is 1. The molecule has 3 N–H and O–H groups in total. The Morgan fingerprint density at radius 2 is 2.13 bits per heavy atom. The molecule has 1 aromatic carbocycles. The van der Waals surface area contributed by atoms with Gasteiger partial charge in [-0.3, -0.25) is 4.79 Å². The molecule has 2 aromatic rings. The van der Waals surface area contributed by atoms with Crippen LogP contribution in [0.4, 0.5) is 22.9 Å². The minimum absolute atomic E-state index is 0.0461. The summed E-state index contributed by atoms with van der Waals surface area (Å²) in [6.07, 6.45) is 1.66. The highest BCUT2D eigenvalue weighted by atomic mass is 35.5. The van der Waals surface area contributed by atoms with Gasteiger partial charge in [-0.15, -0.1) is 4.91 Å². The normalized spacial score (nSPS) is 14.2. The molecule has 2 heterocycles. The molecule has 0 bridgehead atoms. The van der Waals surface area contributed by atoms with Crippen molar-refractivity contribution < 1.29 is 4.79 Å². The second-order valence-electron chi connectivity index (χ2n) is 5.23. The van der Waals surface area contributed by atoms with Gasteiger partial charge in [-0.2, -0.15) is 0 Å². The molecular formula is C15H14ClN5O2. The maximum atomic E-state index is 12.3. The van der Waals surface area contributed by atoms with E-state index in [-0.39, 0.29) is 23.2 Å². The standard InChI is InChI=1S/C15H14ClN5O2/c16-10-3-2-6-18-14(10)21-7-9(8-21)15(22)19-12-5-1-4-11(17)13(12)20-23/h1-6,9H,7-8,17H2,(H,19,22). The molecule has 23 heavy (non-hydrogen) atoms. The summed E-state index contributed by atoms with van der Waals surface area (Å²) in [5.41, 5.74) is 6.26. The van der Waals surface area contributed by atoms with Crippen LogP contribution >= 0.6 is 11.6 Å². The molecule has 8 heteroatoms. The molecule has 118 valence electrons. The van der Waals surface area contributed by atoms with Crippen LogP contribution in [0.15, 0.2) is 41.7 Å². The largest absolute Gasteiger partial charge is 0.397 e. The predicted octanol–water partition coefficient (Wildman–Crippen LogP) is 2.79. The van der Waals surface area contributed by atoms with Gasteiger partial charge in [0.25, 0.3) is 0 Å². The molecule has 1 aliphatic heterocycles. The Bertz CT molecular complexity index is 761. The van der Waals surface area contributed by atoms with Gasteiger partial charge in [0.2, 0.25) is 5.91 Å². The Labute approximate surface area is 137 Å². The fourth-order valence-corrected chi connectivity index (χ4v) is 2.67. The highest BCUT2D eigenvalue weighted by Crippen LogP contribution is 2.33. The van der Waals surface area contributed by atoms with Crippen molar-refractivity contribution in [3.63, 3.8) is 0 Å². The van der Waals surface area contributed by atoms with E-state index in [1.807, 2.05) is 4.90 Å². The van der Waals surface area contributed by atoms with Gasteiger partial charge in [-0.05, 0) is 29.4 Å². The molecule has 3 rings (SSSR count). The first-order chi connectivity index (χ1) is 11.1. The number of pyridine rings is 1. The molecular weight excluding hydrogens is 318 g/mol. The molecule has 1 amide bonds. The molecule has 0 saturated carbocycles. The van der Waals surface area contributed by atoms with Crippen molar-refractivity contribution in [2.45, 2.75) is 0 Å². The van der Waals surface area contributed by atoms with Crippen molar-refractivity contribution in [1.82, 2.24) is 4.98 Å².